The fourth-order valence-electron chi connectivity index (χ4n) is 3.58. The van der Waals surface area contributed by atoms with Crippen molar-refractivity contribution >= 4 is 30.7 Å². The number of benzene rings is 2. The molecular weight excluding hydrogens is 426 g/mol. The highest BCUT2D eigenvalue weighted by atomic mass is 35.5. The van der Waals surface area contributed by atoms with Crippen LogP contribution < -0.4 is 5.32 Å². The zero-order valence-electron chi connectivity index (χ0n) is 16.6. The van der Waals surface area contributed by atoms with Gasteiger partial charge < -0.3 is 14.8 Å². The number of rotatable bonds is 4. The molecule has 2 heterocycles. The third-order valence-corrected chi connectivity index (χ3v) is 5.12. The fourth-order valence-corrected chi connectivity index (χ4v) is 3.58. The lowest BCUT2D eigenvalue weighted by atomic mass is 10.0. The second-order valence-electron chi connectivity index (χ2n) is 7.21. The third-order valence-electron chi connectivity index (χ3n) is 5.12. The van der Waals surface area contributed by atoms with E-state index in [0.717, 1.165) is 30.8 Å². The van der Waals surface area contributed by atoms with Crippen LogP contribution in [-0.4, -0.2) is 46.0 Å². The predicted molar refractivity (Wildman–Crippen MR) is 121 cm³/mol. The van der Waals surface area contributed by atoms with Gasteiger partial charge in [0.05, 0.1) is 6.33 Å². The van der Waals surface area contributed by atoms with E-state index in [4.69, 9.17) is 0 Å². The van der Waals surface area contributed by atoms with Gasteiger partial charge in [-0.05, 0) is 41.8 Å². The Balaban J connectivity index is 0.00000160. The van der Waals surface area contributed by atoms with Crippen LogP contribution in [0.25, 0.3) is 11.1 Å². The Morgan fingerprint density at radius 1 is 1.17 bits per heavy atom. The number of imidazole rings is 1. The molecule has 30 heavy (non-hydrogen) atoms. The Labute approximate surface area is 188 Å². The van der Waals surface area contributed by atoms with Crippen LogP contribution in [0.2, 0.25) is 0 Å². The third kappa shape index (κ3) is 5.39. The molecule has 0 spiro atoms. The first-order chi connectivity index (χ1) is 13.6. The molecule has 3 aromatic rings. The van der Waals surface area contributed by atoms with Gasteiger partial charge in [0.15, 0.2) is 0 Å². The minimum Gasteiger partial charge on any atom is -0.333 e. The first kappa shape index (κ1) is 23.9. The highest BCUT2D eigenvalue weighted by Gasteiger charge is 2.24. The number of amides is 1. The van der Waals surface area contributed by atoms with Gasteiger partial charge >= 0.3 is 0 Å². The molecule has 1 saturated heterocycles. The molecule has 1 aromatic heterocycles. The molecule has 1 N–H and O–H groups in total. The van der Waals surface area contributed by atoms with Gasteiger partial charge in [0, 0.05) is 50.2 Å². The van der Waals surface area contributed by atoms with E-state index in [1.54, 1.807) is 18.6 Å². The standard InChI is InChI=1S/C22H23FN4O.2ClH/c1-16-13-24-7-9-27(16)22(28)20-10-19(11-21(23)12-20)18-4-2-17(3-5-18)14-26-8-6-25-15-26;;/h2-6,8,10-12,15-16,24H,7,9,13-14H2,1H3;2*1H. The maximum absolute atomic E-state index is 14.3. The Morgan fingerprint density at radius 2 is 1.93 bits per heavy atom. The van der Waals surface area contributed by atoms with Crippen molar-refractivity contribution in [1.82, 2.24) is 19.8 Å². The Kier molecular flexibility index (Phi) is 8.41. The summed E-state index contributed by atoms with van der Waals surface area (Å²) in [5.74, 6) is -0.516. The summed E-state index contributed by atoms with van der Waals surface area (Å²) in [6.07, 6.45) is 5.43. The minimum atomic E-state index is -0.397. The van der Waals surface area contributed by atoms with Crippen molar-refractivity contribution in [2.24, 2.45) is 0 Å². The molecule has 1 fully saturated rings. The highest BCUT2D eigenvalue weighted by molar-refractivity contribution is 5.95. The maximum atomic E-state index is 14.3. The van der Waals surface area contributed by atoms with Crippen LogP contribution in [0.3, 0.4) is 0 Å². The lowest BCUT2D eigenvalue weighted by Crippen LogP contribution is -2.52. The average molecular weight is 451 g/mol. The minimum absolute atomic E-state index is 0. The molecule has 0 saturated carbocycles. The maximum Gasteiger partial charge on any atom is 0.254 e. The molecular formula is C22H25Cl2FN4O. The zero-order chi connectivity index (χ0) is 19.5. The van der Waals surface area contributed by atoms with Crippen LogP contribution in [0.4, 0.5) is 4.39 Å². The number of hydrogen-bond donors (Lipinski definition) is 1. The van der Waals surface area contributed by atoms with E-state index >= 15 is 0 Å². The van der Waals surface area contributed by atoms with Crippen LogP contribution in [0.15, 0.2) is 61.2 Å². The molecule has 0 radical (unpaired) electrons. The van der Waals surface area contributed by atoms with E-state index in [2.05, 4.69) is 10.3 Å². The van der Waals surface area contributed by atoms with Gasteiger partial charge in [-0.1, -0.05) is 24.3 Å². The van der Waals surface area contributed by atoms with Crippen molar-refractivity contribution < 1.29 is 9.18 Å². The lowest BCUT2D eigenvalue weighted by Gasteiger charge is -2.34. The van der Waals surface area contributed by atoms with Crippen LogP contribution in [0, 0.1) is 5.82 Å². The first-order valence-electron chi connectivity index (χ1n) is 9.47. The zero-order valence-corrected chi connectivity index (χ0v) is 18.3. The van der Waals surface area contributed by atoms with E-state index in [1.165, 1.54) is 12.1 Å². The van der Waals surface area contributed by atoms with Gasteiger partial charge in [-0.2, -0.15) is 0 Å². The number of piperazine rings is 1. The summed E-state index contributed by atoms with van der Waals surface area (Å²) in [7, 11) is 0. The van der Waals surface area contributed by atoms with Crippen molar-refractivity contribution in [2.75, 3.05) is 19.6 Å². The second kappa shape index (κ2) is 10.6. The summed E-state index contributed by atoms with van der Waals surface area (Å²) < 4.78 is 16.3. The summed E-state index contributed by atoms with van der Waals surface area (Å²) in [6.45, 7) is 4.88. The van der Waals surface area contributed by atoms with Crippen molar-refractivity contribution in [3.05, 3.63) is 78.1 Å². The van der Waals surface area contributed by atoms with Gasteiger partial charge in [-0.25, -0.2) is 9.37 Å². The van der Waals surface area contributed by atoms with Crippen LogP contribution in [0.5, 0.6) is 0 Å². The lowest BCUT2D eigenvalue weighted by molar-refractivity contribution is 0.0655. The molecule has 1 unspecified atom stereocenters. The number of nitrogens with one attached hydrogen (secondary N) is 1. The Hall–Kier alpha value is -2.41. The smallest absolute Gasteiger partial charge is 0.254 e. The topological polar surface area (TPSA) is 50.2 Å². The average Bonchev–Trinajstić information content (AvgIpc) is 3.21. The van der Waals surface area contributed by atoms with Crippen LogP contribution in [0.1, 0.15) is 22.8 Å². The molecule has 8 heteroatoms. The number of halogens is 3. The molecule has 1 atom stereocenters. The highest BCUT2D eigenvalue weighted by Crippen LogP contribution is 2.24. The van der Waals surface area contributed by atoms with E-state index in [1.807, 2.05) is 46.9 Å². The summed E-state index contributed by atoms with van der Waals surface area (Å²) in [4.78, 5) is 18.8. The first-order valence-corrected chi connectivity index (χ1v) is 9.47. The molecule has 5 nitrogen and oxygen atoms in total. The molecule has 0 aliphatic carbocycles. The normalized spacial score (nSPS) is 15.8. The molecule has 1 aliphatic heterocycles. The van der Waals surface area contributed by atoms with Gasteiger partial charge in [0.2, 0.25) is 0 Å². The molecule has 0 bridgehead atoms. The van der Waals surface area contributed by atoms with Crippen LogP contribution in [-0.2, 0) is 6.54 Å². The number of carbonyl (C=O) groups is 1. The van der Waals surface area contributed by atoms with Crippen molar-refractivity contribution in [3.8, 4) is 11.1 Å². The van der Waals surface area contributed by atoms with Gasteiger partial charge in [-0.3, -0.25) is 4.79 Å². The van der Waals surface area contributed by atoms with Crippen molar-refractivity contribution in [1.29, 1.82) is 0 Å². The number of hydrogen-bond acceptors (Lipinski definition) is 3. The Bertz CT molecular complexity index is 964. The molecule has 1 aliphatic rings. The summed E-state index contributed by atoms with van der Waals surface area (Å²) in [5.41, 5.74) is 3.12. The molecule has 4 rings (SSSR count). The number of nitrogens with zero attached hydrogens (tertiary/aromatic N) is 3. The monoisotopic (exact) mass is 450 g/mol. The summed E-state index contributed by atoms with van der Waals surface area (Å²) in [5, 5.41) is 3.27. The Morgan fingerprint density at radius 3 is 2.60 bits per heavy atom. The fraction of sp³-hybridized carbons (Fsp3) is 0.273. The molecule has 2 aromatic carbocycles. The quantitative estimate of drug-likeness (QED) is 0.652. The van der Waals surface area contributed by atoms with Gasteiger partial charge in [-0.15, -0.1) is 24.8 Å². The second-order valence-corrected chi connectivity index (χ2v) is 7.21. The van der Waals surface area contributed by atoms with Crippen molar-refractivity contribution in [3.63, 3.8) is 0 Å². The summed E-state index contributed by atoms with van der Waals surface area (Å²) in [6, 6.07) is 12.6. The predicted octanol–water partition coefficient (Wildman–Crippen LogP) is 4.02. The van der Waals surface area contributed by atoms with E-state index < -0.39 is 5.82 Å². The molecule has 160 valence electrons. The largest absolute Gasteiger partial charge is 0.333 e. The number of aromatic nitrogens is 2. The molecule has 1 amide bonds. The van der Waals surface area contributed by atoms with Gasteiger partial charge in [0.25, 0.3) is 5.91 Å². The SMILES string of the molecule is CC1CNCCN1C(=O)c1cc(F)cc(-c2ccc(Cn3ccnc3)cc2)c1.Cl.Cl. The number of carbonyl (C=O) groups excluding carboxylic acids is 1. The summed E-state index contributed by atoms with van der Waals surface area (Å²) >= 11 is 0. The van der Waals surface area contributed by atoms with E-state index in [0.29, 0.717) is 17.7 Å². The van der Waals surface area contributed by atoms with E-state index in [-0.39, 0.29) is 36.8 Å². The van der Waals surface area contributed by atoms with Crippen molar-refractivity contribution in [2.45, 2.75) is 19.5 Å². The van der Waals surface area contributed by atoms with E-state index in [9.17, 15) is 9.18 Å². The van der Waals surface area contributed by atoms with Crippen LogP contribution >= 0.6 is 24.8 Å². The van der Waals surface area contributed by atoms with Gasteiger partial charge in [0.1, 0.15) is 5.82 Å².